The average molecular weight is 314 g/mol. The van der Waals surface area contributed by atoms with Crippen LogP contribution in [0.4, 0.5) is 0 Å². The topological polar surface area (TPSA) is 61.8 Å². The number of methoxy groups -OCH3 is 3. The van der Waals surface area contributed by atoms with Crippen molar-refractivity contribution in [3.63, 3.8) is 0 Å². The summed E-state index contributed by atoms with van der Waals surface area (Å²) in [7, 11) is 4.59. The van der Waals surface area contributed by atoms with Gasteiger partial charge in [-0.2, -0.15) is 0 Å². The smallest absolute Gasteiger partial charge is 0.203 e. The number of allylic oxidation sites excluding steroid dienone is 5. The Labute approximate surface area is 134 Å². The van der Waals surface area contributed by atoms with Gasteiger partial charge in [0.1, 0.15) is 0 Å². The minimum absolute atomic E-state index is 0.158. The molecule has 0 aromatic heterocycles. The fourth-order valence-electron chi connectivity index (χ4n) is 2.19. The first-order chi connectivity index (χ1) is 11.0. The molecule has 0 atom stereocenters. The van der Waals surface area contributed by atoms with Crippen LogP contribution in [-0.4, -0.2) is 32.9 Å². The number of benzene rings is 1. The molecule has 1 aliphatic carbocycles. The van der Waals surface area contributed by atoms with Crippen LogP contribution in [0.25, 0.3) is 6.08 Å². The zero-order chi connectivity index (χ0) is 17.0. The van der Waals surface area contributed by atoms with Crippen LogP contribution in [0.3, 0.4) is 0 Å². The largest absolute Gasteiger partial charge is 0.493 e. The van der Waals surface area contributed by atoms with E-state index < -0.39 is 0 Å². The Hall–Kier alpha value is -2.82. The van der Waals surface area contributed by atoms with E-state index in [-0.39, 0.29) is 11.6 Å². The molecule has 1 aromatic rings. The van der Waals surface area contributed by atoms with Crippen LogP contribution < -0.4 is 14.2 Å². The molecule has 5 nitrogen and oxygen atoms in total. The summed E-state index contributed by atoms with van der Waals surface area (Å²) in [6.07, 6.45) is 6.00. The Morgan fingerprint density at radius 2 is 1.43 bits per heavy atom. The number of carbonyl (C=O) groups excluding carboxylic acids is 2. The molecule has 23 heavy (non-hydrogen) atoms. The van der Waals surface area contributed by atoms with Gasteiger partial charge in [-0.15, -0.1) is 0 Å². The average Bonchev–Trinajstić information content (AvgIpc) is 2.55. The Morgan fingerprint density at radius 3 is 1.96 bits per heavy atom. The van der Waals surface area contributed by atoms with E-state index in [1.165, 1.54) is 33.5 Å². The Morgan fingerprint density at radius 1 is 0.826 bits per heavy atom. The van der Waals surface area contributed by atoms with E-state index in [1.807, 2.05) is 0 Å². The number of carbonyl (C=O) groups is 2. The number of rotatable bonds is 5. The van der Waals surface area contributed by atoms with E-state index in [2.05, 4.69) is 0 Å². The van der Waals surface area contributed by atoms with E-state index in [9.17, 15) is 9.59 Å². The molecule has 0 heterocycles. The summed E-state index contributed by atoms with van der Waals surface area (Å²) in [6.45, 7) is 1.62. The minimum Gasteiger partial charge on any atom is -0.493 e. The second-order valence-electron chi connectivity index (χ2n) is 4.95. The van der Waals surface area contributed by atoms with E-state index >= 15 is 0 Å². The highest BCUT2D eigenvalue weighted by Gasteiger charge is 2.16. The van der Waals surface area contributed by atoms with E-state index in [4.69, 9.17) is 14.2 Å². The van der Waals surface area contributed by atoms with Crippen LogP contribution in [-0.2, 0) is 9.59 Å². The quantitative estimate of drug-likeness (QED) is 0.782. The molecule has 1 aromatic carbocycles. The molecule has 0 amide bonds. The second kappa shape index (κ2) is 6.96. The highest BCUT2D eigenvalue weighted by atomic mass is 16.5. The SMILES string of the molecule is COc1cc(/C=C\C2=CC(=O)C(C)=CC2=O)cc(OC)c1OC. The summed E-state index contributed by atoms with van der Waals surface area (Å²) in [5.41, 5.74) is 1.54. The van der Waals surface area contributed by atoms with Gasteiger partial charge < -0.3 is 14.2 Å². The van der Waals surface area contributed by atoms with Crippen molar-refractivity contribution in [2.45, 2.75) is 6.92 Å². The first-order valence-electron chi connectivity index (χ1n) is 6.97. The molecular weight excluding hydrogens is 296 g/mol. The van der Waals surface area contributed by atoms with Crippen molar-refractivity contribution in [3.8, 4) is 17.2 Å². The predicted molar refractivity (Wildman–Crippen MR) is 87.0 cm³/mol. The van der Waals surface area contributed by atoms with Crippen molar-refractivity contribution in [3.05, 3.63) is 47.1 Å². The van der Waals surface area contributed by atoms with Crippen molar-refractivity contribution in [1.82, 2.24) is 0 Å². The molecule has 0 radical (unpaired) electrons. The summed E-state index contributed by atoms with van der Waals surface area (Å²) in [5.74, 6) is 1.18. The fourth-order valence-corrected chi connectivity index (χ4v) is 2.19. The molecule has 1 aliphatic rings. The van der Waals surface area contributed by atoms with Crippen LogP contribution in [0.2, 0.25) is 0 Å². The molecule has 120 valence electrons. The van der Waals surface area contributed by atoms with E-state index in [0.29, 0.717) is 28.4 Å². The molecular formula is C18H18O5. The maximum absolute atomic E-state index is 11.9. The number of ether oxygens (including phenoxy) is 3. The molecule has 0 unspecified atom stereocenters. The first-order valence-corrected chi connectivity index (χ1v) is 6.97. The Bertz CT molecular complexity index is 713. The zero-order valence-electron chi connectivity index (χ0n) is 13.5. The van der Waals surface area contributed by atoms with Gasteiger partial charge in [0.15, 0.2) is 23.1 Å². The summed E-state index contributed by atoms with van der Waals surface area (Å²) < 4.78 is 15.8. The maximum Gasteiger partial charge on any atom is 0.203 e. The van der Waals surface area contributed by atoms with Crippen molar-refractivity contribution in [2.75, 3.05) is 21.3 Å². The third kappa shape index (κ3) is 3.51. The molecule has 0 spiro atoms. The molecule has 0 aliphatic heterocycles. The normalized spacial score (nSPS) is 14.6. The van der Waals surface area contributed by atoms with Gasteiger partial charge in [-0.3, -0.25) is 9.59 Å². The monoisotopic (exact) mass is 314 g/mol. The van der Waals surface area contributed by atoms with Crippen molar-refractivity contribution >= 4 is 17.6 Å². The zero-order valence-corrected chi connectivity index (χ0v) is 13.5. The van der Waals surface area contributed by atoms with Gasteiger partial charge in [-0.25, -0.2) is 0 Å². The molecule has 0 saturated heterocycles. The van der Waals surface area contributed by atoms with Gasteiger partial charge in [0.25, 0.3) is 0 Å². The molecule has 0 fully saturated rings. The first kappa shape index (κ1) is 16.5. The van der Waals surface area contributed by atoms with Crippen molar-refractivity contribution in [2.24, 2.45) is 0 Å². The van der Waals surface area contributed by atoms with Crippen LogP contribution in [0.1, 0.15) is 12.5 Å². The third-order valence-corrected chi connectivity index (χ3v) is 3.45. The summed E-state index contributed by atoms with van der Waals surface area (Å²) >= 11 is 0. The Kier molecular flexibility index (Phi) is 5.01. The van der Waals surface area contributed by atoms with Crippen LogP contribution >= 0.6 is 0 Å². The third-order valence-electron chi connectivity index (χ3n) is 3.45. The minimum atomic E-state index is -0.189. The lowest BCUT2D eigenvalue weighted by molar-refractivity contribution is -0.114. The van der Waals surface area contributed by atoms with E-state index in [0.717, 1.165) is 5.56 Å². The van der Waals surface area contributed by atoms with Gasteiger partial charge in [0.05, 0.1) is 21.3 Å². The maximum atomic E-state index is 11.9. The standard InChI is InChI=1S/C18H18O5/c1-11-7-15(20)13(10-14(11)19)6-5-12-8-16(21-2)18(23-4)17(9-12)22-3/h5-10H,1-4H3/b6-5-. The molecule has 5 heteroatoms. The number of hydrogen-bond donors (Lipinski definition) is 0. The van der Waals surface area contributed by atoms with Crippen LogP contribution in [0, 0.1) is 0 Å². The highest BCUT2D eigenvalue weighted by Crippen LogP contribution is 2.38. The van der Waals surface area contributed by atoms with Crippen LogP contribution in [0.5, 0.6) is 17.2 Å². The molecule has 2 rings (SSSR count). The van der Waals surface area contributed by atoms with Crippen molar-refractivity contribution in [1.29, 1.82) is 0 Å². The van der Waals surface area contributed by atoms with Gasteiger partial charge >= 0.3 is 0 Å². The second-order valence-corrected chi connectivity index (χ2v) is 4.95. The Balaban J connectivity index is 2.35. The summed E-state index contributed by atoms with van der Waals surface area (Å²) in [5, 5.41) is 0. The van der Waals surface area contributed by atoms with Gasteiger partial charge in [0.2, 0.25) is 5.75 Å². The molecule has 0 saturated carbocycles. The lowest BCUT2D eigenvalue weighted by Gasteiger charge is -2.13. The predicted octanol–water partition coefficient (Wildman–Crippen LogP) is 2.75. The molecule has 0 bridgehead atoms. The highest BCUT2D eigenvalue weighted by molar-refractivity contribution is 6.21. The summed E-state index contributed by atoms with van der Waals surface area (Å²) in [6, 6.07) is 3.52. The van der Waals surface area contributed by atoms with Gasteiger partial charge in [-0.1, -0.05) is 12.2 Å². The number of ketones is 2. The van der Waals surface area contributed by atoms with Crippen LogP contribution in [0.15, 0.2) is 41.5 Å². The van der Waals surface area contributed by atoms with Crippen molar-refractivity contribution < 1.29 is 23.8 Å². The van der Waals surface area contributed by atoms with Gasteiger partial charge in [-0.05, 0) is 36.8 Å². The van der Waals surface area contributed by atoms with E-state index in [1.54, 1.807) is 31.2 Å². The summed E-state index contributed by atoms with van der Waals surface area (Å²) in [4.78, 5) is 23.6. The van der Waals surface area contributed by atoms with Gasteiger partial charge in [0, 0.05) is 11.1 Å². The molecule has 0 N–H and O–H groups in total. The lowest BCUT2D eigenvalue weighted by Crippen LogP contribution is -2.09. The number of hydrogen-bond acceptors (Lipinski definition) is 5. The lowest BCUT2D eigenvalue weighted by atomic mass is 9.97. The fraction of sp³-hybridized carbons (Fsp3) is 0.222.